The molecule has 0 aliphatic carbocycles. The maximum absolute atomic E-state index is 12.6. The summed E-state index contributed by atoms with van der Waals surface area (Å²) in [6.07, 6.45) is 0.891. The summed E-state index contributed by atoms with van der Waals surface area (Å²) in [7, 11) is 0. The highest BCUT2D eigenvalue weighted by molar-refractivity contribution is 6.53. The number of rotatable bonds is 4. The van der Waals surface area contributed by atoms with Gasteiger partial charge in [0.15, 0.2) is 0 Å². The Bertz CT molecular complexity index is 782. The van der Waals surface area contributed by atoms with Gasteiger partial charge in [0.25, 0.3) is 11.8 Å². The second-order valence-electron chi connectivity index (χ2n) is 5.15. The number of amides is 2. The van der Waals surface area contributed by atoms with Crippen LogP contribution in [0, 0.1) is 0 Å². The van der Waals surface area contributed by atoms with Crippen molar-refractivity contribution in [3.8, 4) is 0 Å². The van der Waals surface area contributed by atoms with Crippen LogP contribution in [0.15, 0.2) is 65.3 Å². The zero-order chi connectivity index (χ0) is 16.4. The Kier molecular flexibility index (Phi) is 4.17. The van der Waals surface area contributed by atoms with Gasteiger partial charge in [-0.1, -0.05) is 48.9 Å². The van der Waals surface area contributed by atoms with Crippen LogP contribution in [-0.4, -0.2) is 11.8 Å². The molecule has 4 nitrogen and oxygen atoms in total. The lowest BCUT2D eigenvalue weighted by molar-refractivity contribution is -0.120. The van der Waals surface area contributed by atoms with E-state index in [2.05, 4.69) is 5.32 Å². The number of carbonyl (C=O) groups is 2. The number of nitrogens with one attached hydrogen (secondary N) is 1. The minimum absolute atomic E-state index is 0.0987. The number of anilines is 2. The Morgan fingerprint density at radius 2 is 1.61 bits per heavy atom. The van der Waals surface area contributed by atoms with Crippen molar-refractivity contribution in [2.24, 2.45) is 0 Å². The molecule has 0 saturated carbocycles. The summed E-state index contributed by atoms with van der Waals surface area (Å²) in [5.74, 6) is -0.965. The molecule has 23 heavy (non-hydrogen) atoms. The minimum Gasteiger partial charge on any atom is -0.350 e. The Morgan fingerprint density at radius 3 is 2.22 bits per heavy atom. The van der Waals surface area contributed by atoms with Crippen molar-refractivity contribution in [1.29, 1.82) is 0 Å². The highest BCUT2D eigenvalue weighted by atomic mass is 35.5. The molecule has 0 aromatic heterocycles. The normalized spacial score (nSPS) is 14.6. The smallest absolute Gasteiger partial charge is 0.283 e. The van der Waals surface area contributed by atoms with E-state index in [9.17, 15) is 9.59 Å². The Balaban J connectivity index is 1.89. The molecule has 116 valence electrons. The maximum atomic E-state index is 12.6. The van der Waals surface area contributed by atoms with Gasteiger partial charge in [-0.2, -0.15) is 0 Å². The van der Waals surface area contributed by atoms with Gasteiger partial charge in [0, 0.05) is 5.69 Å². The SMILES string of the molecule is CCc1ccc(N2C(=O)C(Cl)=C(Nc3ccccc3)C2=O)cc1. The summed E-state index contributed by atoms with van der Waals surface area (Å²) in [5, 5.41) is 2.83. The Hall–Kier alpha value is -2.59. The summed E-state index contributed by atoms with van der Waals surface area (Å²) in [4.78, 5) is 26.0. The van der Waals surface area contributed by atoms with Gasteiger partial charge in [0.1, 0.15) is 10.7 Å². The highest BCUT2D eigenvalue weighted by Gasteiger charge is 2.38. The Morgan fingerprint density at radius 1 is 0.957 bits per heavy atom. The van der Waals surface area contributed by atoms with Crippen molar-refractivity contribution < 1.29 is 9.59 Å². The molecule has 0 spiro atoms. The van der Waals surface area contributed by atoms with Gasteiger partial charge in [-0.3, -0.25) is 9.59 Å². The first kappa shape index (κ1) is 15.3. The molecule has 0 saturated heterocycles. The third-order valence-corrected chi connectivity index (χ3v) is 4.02. The number of hydrogen-bond acceptors (Lipinski definition) is 3. The fraction of sp³-hybridized carbons (Fsp3) is 0.111. The zero-order valence-electron chi connectivity index (χ0n) is 12.5. The van der Waals surface area contributed by atoms with Crippen LogP contribution in [0.1, 0.15) is 12.5 Å². The van der Waals surface area contributed by atoms with Crippen LogP contribution in [0.3, 0.4) is 0 Å². The lowest BCUT2D eigenvalue weighted by Gasteiger charge is -2.15. The monoisotopic (exact) mass is 326 g/mol. The number of aryl methyl sites for hydroxylation is 1. The van der Waals surface area contributed by atoms with E-state index < -0.39 is 11.8 Å². The van der Waals surface area contributed by atoms with E-state index >= 15 is 0 Å². The molecule has 0 fully saturated rings. The van der Waals surface area contributed by atoms with Crippen LogP contribution in [0.25, 0.3) is 0 Å². The Labute approximate surface area is 139 Å². The number of hydrogen-bond donors (Lipinski definition) is 1. The number of halogens is 1. The number of imide groups is 1. The molecule has 0 atom stereocenters. The van der Waals surface area contributed by atoms with Gasteiger partial charge < -0.3 is 5.32 Å². The van der Waals surface area contributed by atoms with E-state index in [0.29, 0.717) is 11.4 Å². The third-order valence-electron chi connectivity index (χ3n) is 3.67. The van der Waals surface area contributed by atoms with Gasteiger partial charge in [0.05, 0.1) is 5.69 Å². The van der Waals surface area contributed by atoms with E-state index in [1.807, 2.05) is 37.3 Å². The molecule has 2 amide bonds. The molecular formula is C18H15ClN2O2. The van der Waals surface area contributed by atoms with Crippen molar-refractivity contribution in [3.63, 3.8) is 0 Å². The molecule has 0 unspecified atom stereocenters. The molecule has 1 heterocycles. The highest BCUT2D eigenvalue weighted by Crippen LogP contribution is 2.30. The molecule has 1 aliphatic rings. The van der Waals surface area contributed by atoms with Gasteiger partial charge in [-0.25, -0.2) is 4.90 Å². The summed E-state index contributed by atoms with van der Waals surface area (Å²) < 4.78 is 0. The lowest BCUT2D eigenvalue weighted by atomic mass is 10.1. The van der Waals surface area contributed by atoms with E-state index in [0.717, 1.165) is 16.9 Å². The predicted molar refractivity (Wildman–Crippen MR) is 91.3 cm³/mol. The van der Waals surface area contributed by atoms with Crippen LogP contribution < -0.4 is 10.2 Å². The van der Waals surface area contributed by atoms with Gasteiger partial charge in [0.2, 0.25) is 0 Å². The third kappa shape index (κ3) is 2.85. The van der Waals surface area contributed by atoms with E-state index in [1.165, 1.54) is 0 Å². The molecule has 2 aromatic carbocycles. The van der Waals surface area contributed by atoms with Gasteiger partial charge in [-0.05, 0) is 36.2 Å². The van der Waals surface area contributed by atoms with Crippen molar-refractivity contribution in [2.75, 3.05) is 10.2 Å². The molecule has 0 radical (unpaired) electrons. The zero-order valence-corrected chi connectivity index (χ0v) is 13.3. The fourth-order valence-electron chi connectivity index (χ4n) is 2.39. The van der Waals surface area contributed by atoms with Crippen LogP contribution in [0.5, 0.6) is 0 Å². The second-order valence-corrected chi connectivity index (χ2v) is 5.52. The van der Waals surface area contributed by atoms with E-state index in [1.54, 1.807) is 24.3 Å². The fourth-order valence-corrected chi connectivity index (χ4v) is 2.60. The summed E-state index contributed by atoms with van der Waals surface area (Å²) in [5.41, 5.74) is 2.45. The van der Waals surface area contributed by atoms with Gasteiger partial charge in [-0.15, -0.1) is 0 Å². The average Bonchev–Trinajstić information content (AvgIpc) is 2.80. The first-order valence-electron chi connectivity index (χ1n) is 7.31. The number of carbonyl (C=O) groups excluding carboxylic acids is 2. The molecule has 1 N–H and O–H groups in total. The summed E-state index contributed by atoms with van der Waals surface area (Å²) >= 11 is 6.08. The molecule has 1 aliphatic heterocycles. The van der Waals surface area contributed by atoms with Crippen molar-refractivity contribution >= 4 is 34.8 Å². The van der Waals surface area contributed by atoms with E-state index in [4.69, 9.17) is 11.6 Å². The van der Waals surface area contributed by atoms with E-state index in [-0.39, 0.29) is 10.7 Å². The predicted octanol–water partition coefficient (Wildman–Crippen LogP) is 3.68. The van der Waals surface area contributed by atoms with Crippen molar-refractivity contribution in [1.82, 2.24) is 0 Å². The van der Waals surface area contributed by atoms with Crippen LogP contribution in [0.2, 0.25) is 0 Å². The number of nitrogens with zero attached hydrogens (tertiary/aromatic N) is 1. The second kappa shape index (κ2) is 6.26. The van der Waals surface area contributed by atoms with Crippen molar-refractivity contribution in [2.45, 2.75) is 13.3 Å². The number of para-hydroxylation sites is 1. The first-order chi connectivity index (χ1) is 11.1. The largest absolute Gasteiger partial charge is 0.350 e. The van der Waals surface area contributed by atoms with Gasteiger partial charge >= 0.3 is 0 Å². The standard InChI is InChI=1S/C18H15ClN2O2/c1-2-12-8-10-14(11-9-12)21-17(22)15(19)16(18(21)23)20-13-6-4-3-5-7-13/h3-11,20H,2H2,1H3. The maximum Gasteiger partial charge on any atom is 0.283 e. The van der Waals surface area contributed by atoms with Crippen molar-refractivity contribution in [3.05, 3.63) is 70.9 Å². The molecule has 5 heteroatoms. The molecule has 2 aromatic rings. The minimum atomic E-state index is -0.514. The molecule has 3 rings (SSSR count). The quantitative estimate of drug-likeness (QED) is 0.872. The lowest BCUT2D eigenvalue weighted by Crippen LogP contribution is -2.32. The first-order valence-corrected chi connectivity index (χ1v) is 7.69. The topological polar surface area (TPSA) is 49.4 Å². The molecule has 0 bridgehead atoms. The van der Waals surface area contributed by atoms with Crippen LogP contribution in [0.4, 0.5) is 11.4 Å². The number of benzene rings is 2. The average molecular weight is 327 g/mol. The summed E-state index contributed by atoms with van der Waals surface area (Å²) in [6, 6.07) is 16.4. The van der Waals surface area contributed by atoms with Crippen LogP contribution in [-0.2, 0) is 16.0 Å². The summed E-state index contributed by atoms with van der Waals surface area (Å²) in [6.45, 7) is 2.04. The molecular weight excluding hydrogens is 312 g/mol. The van der Waals surface area contributed by atoms with Crippen LogP contribution >= 0.6 is 11.6 Å².